The van der Waals surface area contributed by atoms with E-state index in [0.717, 1.165) is 23.3 Å². The van der Waals surface area contributed by atoms with Crippen LogP contribution in [-0.2, 0) is 14.3 Å². The van der Waals surface area contributed by atoms with Crippen LogP contribution in [0.25, 0.3) is 5.57 Å². The van der Waals surface area contributed by atoms with Crippen LogP contribution in [-0.4, -0.2) is 25.5 Å². The number of methoxy groups -OCH3 is 1. The summed E-state index contributed by atoms with van der Waals surface area (Å²) < 4.78 is 10.8. The average molecular weight is 310 g/mol. The standard InChI is InChI=1S/C19H18O4/c1-22-19(21)16-8-11-10-23-17-5-3-2-4-14(17)18(11)13-7-6-12(20)9-15(13)16/h2-5,8,13,15H,6-7,9-10H2,1H3/t13-,15+/m0/s1. The number of ketones is 1. The number of ether oxygens (including phenoxy) is 2. The molecule has 0 radical (unpaired) electrons. The first kappa shape index (κ1) is 14.2. The monoisotopic (exact) mass is 310 g/mol. The maximum Gasteiger partial charge on any atom is 0.334 e. The number of allylic oxidation sites excluding steroid dienone is 1. The summed E-state index contributed by atoms with van der Waals surface area (Å²) in [7, 11) is 1.39. The number of hydrogen-bond donors (Lipinski definition) is 0. The Balaban J connectivity index is 1.87. The van der Waals surface area contributed by atoms with Crippen molar-refractivity contribution in [2.24, 2.45) is 11.8 Å². The largest absolute Gasteiger partial charge is 0.488 e. The maximum atomic E-state index is 12.2. The number of Topliss-reactive ketones (excluding diaryl/α,β-unsaturated/α-hetero) is 1. The minimum Gasteiger partial charge on any atom is -0.488 e. The smallest absolute Gasteiger partial charge is 0.334 e. The van der Waals surface area contributed by atoms with E-state index in [1.165, 1.54) is 12.7 Å². The normalized spacial score (nSPS) is 25.6. The molecule has 0 amide bonds. The quantitative estimate of drug-likeness (QED) is 0.748. The first-order valence-electron chi connectivity index (χ1n) is 7.96. The topological polar surface area (TPSA) is 52.6 Å². The van der Waals surface area contributed by atoms with Crippen molar-refractivity contribution in [1.82, 2.24) is 0 Å². The Morgan fingerprint density at radius 1 is 1.26 bits per heavy atom. The third kappa shape index (κ3) is 2.21. The average Bonchev–Trinajstić information content (AvgIpc) is 2.59. The van der Waals surface area contributed by atoms with Crippen LogP contribution in [0.3, 0.4) is 0 Å². The predicted molar refractivity (Wildman–Crippen MR) is 84.8 cm³/mol. The second kappa shape index (κ2) is 5.37. The molecule has 0 saturated heterocycles. The van der Waals surface area contributed by atoms with Crippen molar-refractivity contribution < 1.29 is 19.1 Å². The molecule has 0 bridgehead atoms. The van der Waals surface area contributed by atoms with Crippen molar-refractivity contribution in [3.05, 3.63) is 47.1 Å². The summed E-state index contributed by atoms with van der Waals surface area (Å²) in [5.41, 5.74) is 4.00. The highest BCUT2D eigenvalue weighted by Gasteiger charge is 2.42. The van der Waals surface area contributed by atoms with Crippen molar-refractivity contribution in [3.63, 3.8) is 0 Å². The number of fused-ring (bicyclic) bond motifs is 4. The van der Waals surface area contributed by atoms with Crippen LogP contribution < -0.4 is 4.74 Å². The number of rotatable bonds is 1. The summed E-state index contributed by atoms with van der Waals surface area (Å²) in [5.74, 6) is 0.892. The first-order valence-corrected chi connectivity index (χ1v) is 7.96. The highest BCUT2D eigenvalue weighted by molar-refractivity contribution is 5.95. The van der Waals surface area contributed by atoms with Gasteiger partial charge in [0, 0.05) is 29.9 Å². The summed E-state index contributed by atoms with van der Waals surface area (Å²) in [6.45, 7) is 0.462. The SMILES string of the molecule is COC(=O)C1=CC2=C(c3ccccc3OC2)[C@H]2CCC(=O)C[C@@H]12. The molecule has 0 spiro atoms. The molecule has 2 atom stereocenters. The first-order chi connectivity index (χ1) is 11.2. The molecule has 3 aliphatic rings. The van der Waals surface area contributed by atoms with Gasteiger partial charge in [0.2, 0.25) is 0 Å². The van der Waals surface area contributed by atoms with Crippen molar-refractivity contribution in [2.45, 2.75) is 19.3 Å². The van der Waals surface area contributed by atoms with E-state index >= 15 is 0 Å². The Labute approximate surface area is 134 Å². The van der Waals surface area contributed by atoms with Crippen LogP contribution in [0.2, 0.25) is 0 Å². The lowest BCUT2D eigenvalue weighted by Crippen LogP contribution is -2.34. The van der Waals surface area contributed by atoms with E-state index < -0.39 is 0 Å². The Hall–Kier alpha value is -2.36. The lowest BCUT2D eigenvalue weighted by atomic mass is 9.65. The number of carbonyl (C=O) groups is 2. The highest BCUT2D eigenvalue weighted by Crippen LogP contribution is 2.50. The molecule has 1 heterocycles. The van der Waals surface area contributed by atoms with Gasteiger partial charge in [0.1, 0.15) is 18.1 Å². The van der Waals surface area contributed by atoms with E-state index in [1.54, 1.807) is 0 Å². The van der Waals surface area contributed by atoms with Crippen LogP contribution >= 0.6 is 0 Å². The number of carbonyl (C=O) groups excluding carboxylic acids is 2. The fourth-order valence-electron chi connectivity index (χ4n) is 4.08. The van der Waals surface area contributed by atoms with Gasteiger partial charge in [-0.1, -0.05) is 18.2 Å². The number of hydrogen-bond acceptors (Lipinski definition) is 4. The van der Waals surface area contributed by atoms with Gasteiger partial charge in [0.05, 0.1) is 7.11 Å². The predicted octanol–water partition coefficient (Wildman–Crippen LogP) is 2.93. The number of esters is 1. The zero-order valence-corrected chi connectivity index (χ0v) is 13.0. The van der Waals surface area contributed by atoms with E-state index in [4.69, 9.17) is 9.47 Å². The molecule has 4 heteroatoms. The van der Waals surface area contributed by atoms with E-state index in [-0.39, 0.29) is 23.6 Å². The van der Waals surface area contributed by atoms with Gasteiger partial charge in [-0.2, -0.15) is 0 Å². The molecule has 118 valence electrons. The Morgan fingerprint density at radius 2 is 2.09 bits per heavy atom. The summed E-state index contributed by atoms with van der Waals surface area (Å²) in [4.78, 5) is 24.1. The summed E-state index contributed by atoms with van der Waals surface area (Å²) in [6.07, 6.45) is 3.67. The Bertz CT molecular complexity index is 756. The van der Waals surface area contributed by atoms with E-state index in [1.807, 2.05) is 24.3 Å². The van der Waals surface area contributed by atoms with Crippen LogP contribution in [0, 0.1) is 11.8 Å². The molecule has 4 rings (SSSR count). The van der Waals surface area contributed by atoms with Gasteiger partial charge >= 0.3 is 5.97 Å². The molecule has 2 aliphatic carbocycles. The lowest BCUT2D eigenvalue weighted by molar-refractivity contribution is -0.137. The molecule has 1 aromatic rings. The molecule has 0 N–H and O–H groups in total. The minimum atomic E-state index is -0.333. The van der Waals surface area contributed by atoms with E-state index in [2.05, 4.69) is 6.07 Å². The van der Waals surface area contributed by atoms with Crippen LogP contribution in [0.5, 0.6) is 5.75 Å². The van der Waals surface area contributed by atoms with Gasteiger partial charge in [0.25, 0.3) is 0 Å². The summed E-state index contributed by atoms with van der Waals surface area (Å²) >= 11 is 0. The molecule has 1 aliphatic heterocycles. The second-order valence-corrected chi connectivity index (χ2v) is 6.31. The molecule has 0 unspecified atom stereocenters. The summed E-state index contributed by atoms with van der Waals surface area (Å²) in [6, 6.07) is 8.00. The third-order valence-electron chi connectivity index (χ3n) is 5.09. The van der Waals surface area contributed by atoms with Crippen molar-refractivity contribution in [3.8, 4) is 5.75 Å². The van der Waals surface area contributed by atoms with Gasteiger partial charge in [-0.15, -0.1) is 0 Å². The third-order valence-corrected chi connectivity index (χ3v) is 5.09. The Kier molecular flexibility index (Phi) is 3.33. The fourth-order valence-corrected chi connectivity index (χ4v) is 4.08. The van der Waals surface area contributed by atoms with Crippen LogP contribution in [0.1, 0.15) is 24.8 Å². The van der Waals surface area contributed by atoms with Gasteiger partial charge in [-0.25, -0.2) is 4.79 Å². The zero-order chi connectivity index (χ0) is 16.0. The molecule has 4 nitrogen and oxygen atoms in total. The number of para-hydroxylation sites is 1. The number of benzene rings is 1. The van der Waals surface area contributed by atoms with Crippen molar-refractivity contribution >= 4 is 17.3 Å². The fraction of sp³-hybridized carbons (Fsp3) is 0.368. The van der Waals surface area contributed by atoms with Gasteiger partial charge in [0.15, 0.2) is 0 Å². The van der Waals surface area contributed by atoms with Crippen LogP contribution in [0.15, 0.2) is 41.5 Å². The van der Waals surface area contributed by atoms with Gasteiger partial charge in [-0.05, 0) is 35.6 Å². The van der Waals surface area contributed by atoms with Crippen molar-refractivity contribution in [2.75, 3.05) is 13.7 Å². The van der Waals surface area contributed by atoms with Crippen molar-refractivity contribution in [1.29, 1.82) is 0 Å². The second-order valence-electron chi connectivity index (χ2n) is 6.31. The van der Waals surface area contributed by atoms with E-state index in [9.17, 15) is 9.59 Å². The lowest BCUT2D eigenvalue weighted by Gasteiger charge is -2.39. The molecule has 1 aromatic carbocycles. The molecule has 23 heavy (non-hydrogen) atoms. The van der Waals surface area contributed by atoms with Gasteiger partial charge < -0.3 is 9.47 Å². The molecular formula is C19H18O4. The zero-order valence-electron chi connectivity index (χ0n) is 13.0. The molecule has 0 aromatic heterocycles. The molecule has 1 fully saturated rings. The minimum absolute atomic E-state index is 0.0754. The summed E-state index contributed by atoms with van der Waals surface area (Å²) in [5, 5.41) is 0. The maximum absolute atomic E-state index is 12.2. The van der Waals surface area contributed by atoms with Gasteiger partial charge in [-0.3, -0.25) is 4.79 Å². The molecular weight excluding hydrogens is 292 g/mol. The highest BCUT2D eigenvalue weighted by atomic mass is 16.5. The Morgan fingerprint density at radius 3 is 2.91 bits per heavy atom. The van der Waals surface area contributed by atoms with E-state index in [0.29, 0.717) is 25.0 Å². The molecule has 1 saturated carbocycles. The van der Waals surface area contributed by atoms with Crippen LogP contribution in [0.4, 0.5) is 0 Å².